The Hall–Kier alpha value is -1.06. The van der Waals surface area contributed by atoms with Gasteiger partial charge in [0.1, 0.15) is 12.4 Å². The number of hydrogen-bond acceptors (Lipinski definition) is 3. The molecule has 1 unspecified atom stereocenters. The number of ether oxygens (including phenoxy) is 2. The summed E-state index contributed by atoms with van der Waals surface area (Å²) in [4.78, 5) is 0. The van der Waals surface area contributed by atoms with Gasteiger partial charge >= 0.3 is 0 Å². The topological polar surface area (TPSA) is 38.7 Å². The fourth-order valence-electron chi connectivity index (χ4n) is 2.09. The van der Waals surface area contributed by atoms with Gasteiger partial charge in [-0.3, -0.25) is 0 Å². The first-order valence-electron chi connectivity index (χ1n) is 6.33. The van der Waals surface area contributed by atoms with Crippen LogP contribution in [0, 0.1) is 0 Å². The summed E-state index contributed by atoms with van der Waals surface area (Å²) in [6.07, 6.45) is 4.35. The summed E-state index contributed by atoms with van der Waals surface area (Å²) in [5, 5.41) is 8.98. The third-order valence-electron chi connectivity index (χ3n) is 3.05. The molecule has 0 aliphatic carbocycles. The zero-order valence-corrected chi connectivity index (χ0v) is 10.1. The summed E-state index contributed by atoms with van der Waals surface area (Å²) in [6, 6.07) is 7.87. The molecule has 0 saturated carbocycles. The molecule has 2 rings (SSSR count). The summed E-state index contributed by atoms with van der Waals surface area (Å²) in [5.41, 5.74) is 1.06. The molecule has 17 heavy (non-hydrogen) atoms. The van der Waals surface area contributed by atoms with Crippen molar-refractivity contribution in [2.24, 2.45) is 0 Å². The van der Waals surface area contributed by atoms with Crippen molar-refractivity contribution >= 4 is 0 Å². The average Bonchev–Trinajstić information content (AvgIpc) is 2.39. The Labute approximate surface area is 102 Å². The Balaban J connectivity index is 1.88. The minimum absolute atomic E-state index is 0.153. The first-order chi connectivity index (χ1) is 8.40. The lowest BCUT2D eigenvalue weighted by Gasteiger charge is -2.23. The number of aliphatic hydroxyl groups excluding tert-OH is 1. The van der Waals surface area contributed by atoms with E-state index in [0.717, 1.165) is 30.8 Å². The van der Waals surface area contributed by atoms with Gasteiger partial charge in [0.25, 0.3) is 0 Å². The second kappa shape index (κ2) is 6.62. The third kappa shape index (κ3) is 3.72. The Morgan fingerprint density at radius 1 is 1.29 bits per heavy atom. The van der Waals surface area contributed by atoms with Gasteiger partial charge < -0.3 is 14.6 Å². The summed E-state index contributed by atoms with van der Waals surface area (Å²) < 4.78 is 11.4. The largest absolute Gasteiger partial charge is 0.491 e. The van der Waals surface area contributed by atoms with Crippen LogP contribution in [0.5, 0.6) is 5.75 Å². The van der Waals surface area contributed by atoms with Crippen molar-refractivity contribution in [1.29, 1.82) is 0 Å². The molecule has 1 aromatic rings. The smallest absolute Gasteiger partial charge is 0.122 e. The first kappa shape index (κ1) is 12.4. The van der Waals surface area contributed by atoms with Gasteiger partial charge in [0.2, 0.25) is 0 Å². The van der Waals surface area contributed by atoms with E-state index in [2.05, 4.69) is 0 Å². The van der Waals surface area contributed by atoms with Crippen LogP contribution in [-0.2, 0) is 11.2 Å². The van der Waals surface area contributed by atoms with E-state index in [-0.39, 0.29) is 12.7 Å². The quantitative estimate of drug-likeness (QED) is 0.851. The van der Waals surface area contributed by atoms with Crippen LogP contribution in [0.25, 0.3) is 0 Å². The lowest BCUT2D eigenvalue weighted by atomic mass is 10.1. The molecule has 3 heteroatoms. The number of aliphatic hydroxyl groups is 1. The maximum absolute atomic E-state index is 8.98. The van der Waals surface area contributed by atoms with E-state index in [0.29, 0.717) is 13.0 Å². The molecule has 0 bridgehead atoms. The number of rotatable bonds is 5. The molecule has 1 N–H and O–H groups in total. The molecular weight excluding hydrogens is 216 g/mol. The maximum atomic E-state index is 8.98. The van der Waals surface area contributed by atoms with E-state index in [9.17, 15) is 0 Å². The molecule has 0 radical (unpaired) electrons. The molecule has 1 heterocycles. The van der Waals surface area contributed by atoms with Crippen molar-refractivity contribution in [3.8, 4) is 5.75 Å². The highest BCUT2D eigenvalue weighted by Gasteiger charge is 2.14. The van der Waals surface area contributed by atoms with Crippen molar-refractivity contribution in [2.45, 2.75) is 31.8 Å². The molecule has 0 amide bonds. The van der Waals surface area contributed by atoms with Crippen LogP contribution in [0.1, 0.15) is 24.8 Å². The highest BCUT2D eigenvalue weighted by Crippen LogP contribution is 2.20. The predicted octanol–water partition coefficient (Wildman–Crippen LogP) is 2.17. The molecule has 0 spiro atoms. The van der Waals surface area contributed by atoms with Crippen LogP contribution in [-0.4, -0.2) is 31.0 Å². The van der Waals surface area contributed by atoms with E-state index < -0.39 is 0 Å². The van der Waals surface area contributed by atoms with Crippen molar-refractivity contribution in [2.75, 3.05) is 19.8 Å². The van der Waals surface area contributed by atoms with Gasteiger partial charge in [0.15, 0.2) is 0 Å². The lowest BCUT2D eigenvalue weighted by Crippen LogP contribution is -2.26. The molecule has 1 aliphatic rings. The lowest BCUT2D eigenvalue weighted by molar-refractivity contribution is -0.0112. The second-order valence-corrected chi connectivity index (χ2v) is 4.38. The zero-order valence-electron chi connectivity index (χ0n) is 10.1. The average molecular weight is 236 g/mol. The Morgan fingerprint density at radius 3 is 2.94 bits per heavy atom. The summed E-state index contributed by atoms with van der Waals surface area (Å²) in [5.74, 6) is 0.871. The molecular formula is C14H20O3. The van der Waals surface area contributed by atoms with Gasteiger partial charge in [-0.1, -0.05) is 18.2 Å². The molecule has 1 atom stereocenters. The number of benzene rings is 1. The summed E-state index contributed by atoms with van der Waals surface area (Å²) in [6.45, 7) is 1.62. The van der Waals surface area contributed by atoms with E-state index in [1.165, 1.54) is 6.42 Å². The van der Waals surface area contributed by atoms with E-state index in [4.69, 9.17) is 14.6 Å². The van der Waals surface area contributed by atoms with Gasteiger partial charge in [0, 0.05) is 13.2 Å². The summed E-state index contributed by atoms with van der Waals surface area (Å²) in [7, 11) is 0. The fourth-order valence-corrected chi connectivity index (χ4v) is 2.09. The highest BCUT2D eigenvalue weighted by atomic mass is 16.5. The van der Waals surface area contributed by atoms with Crippen molar-refractivity contribution in [3.05, 3.63) is 29.8 Å². The molecule has 1 saturated heterocycles. The zero-order chi connectivity index (χ0) is 11.9. The second-order valence-electron chi connectivity index (χ2n) is 4.38. The van der Waals surface area contributed by atoms with Crippen molar-refractivity contribution < 1.29 is 14.6 Å². The van der Waals surface area contributed by atoms with Crippen LogP contribution in [0.3, 0.4) is 0 Å². The number of para-hydroxylation sites is 1. The van der Waals surface area contributed by atoms with Gasteiger partial charge in [-0.25, -0.2) is 0 Å². The van der Waals surface area contributed by atoms with E-state index >= 15 is 0 Å². The van der Waals surface area contributed by atoms with Crippen LogP contribution >= 0.6 is 0 Å². The Bertz CT molecular complexity index is 332. The molecule has 3 nitrogen and oxygen atoms in total. The van der Waals surface area contributed by atoms with Gasteiger partial charge in [-0.05, 0) is 37.3 Å². The standard InChI is InChI=1S/C14H20O3/c15-9-8-12-5-1-2-7-14(12)17-11-13-6-3-4-10-16-13/h1-2,5,7,13,15H,3-4,6,8-11H2. The normalized spacial score (nSPS) is 20.2. The summed E-state index contributed by atoms with van der Waals surface area (Å²) >= 11 is 0. The monoisotopic (exact) mass is 236 g/mol. The number of hydrogen-bond donors (Lipinski definition) is 1. The SMILES string of the molecule is OCCc1ccccc1OCC1CCCCO1. The van der Waals surface area contributed by atoms with Gasteiger partial charge in [0.05, 0.1) is 6.10 Å². The molecule has 1 aromatic carbocycles. The van der Waals surface area contributed by atoms with Crippen LogP contribution in [0.2, 0.25) is 0 Å². The minimum Gasteiger partial charge on any atom is -0.491 e. The molecule has 1 aliphatic heterocycles. The molecule has 94 valence electrons. The first-order valence-corrected chi connectivity index (χ1v) is 6.33. The minimum atomic E-state index is 0.153. The highest BCUT2D eigenvalue weighted by molar-refractivity contribution is 5.33. The Kier molecular flexibility index (Phi) is 4.83. The van der Waals surface area contributed by atoms with E-state index in [1.807, 2.05) is 24.3 Å². The van der Waals surface area contributed by atoms with E-state index in [1.54, 1.807) is 0 Å². The van der Waals surface area contributed by atoms with Crippen LogP contribution in [0.15, 0.2) is 24.3 Å². The van der Waals surface area contributed by atoms with Crippen LogP contribution in [0.4, 0.5) is 0 Å². The Morgan fingerprint density at radius 2 is 2.18 bits per heavy atom. The van der Waals surface area contributed by atoms with Gasteiger partial charge in [-0.2, -0.15) is 0 Å². The van der Waals surface area contributed by atoms with Crippen molar-refractivity contribution in [1.82, 2.24) is 0 Å². The predicted molar refractivity (Wildman–Crippen MR) is 66.3 cm³/mol. The third-order valence-corrected chi connectivity index (χ3v) is 3.05. The fraction of sp³-hybridized carbons (Fsp3) is 0.571. The maximum Gasteiger partial charge on any atom is 0.122 e. The molecule has 1 fully saturated rings. The van der Waals surface area contributed by atoms with Crippen molar-refractivity contribution in [3.63, 3.8) is 0 Å². The van der Waals surface area contributed by atoms with Crippen LogP contribution < -0.4 is 4.74 Å². The van der Waals surface area contributed by atoms with Gasteiger partial charge in [-0.15, -0.1) is 0 Å². The molecule has 0 aromatic heterocycles.